The summed E-state index contributed by atoms with van der Waals surface area (Å²) in [5.74, 6) is 2.49. The summed E-state index contributed by atoms with van der Waals surface area (Å²) in [4.78, 5) is 12.7. The van der Waals surface area contributed by atoms with Crippen LogP contribution in [0, 0.1) is 24.1 Å². The summed E-state index contributed by atoms with van der Waals surface area (Å²) in [5, 5.41) is 9.05. The highest BCUT2D eigenvalue weighted by Gasteiger charge is 2.57. The zero-order chi connectivity index (χ0) is 24.2. The molecule has 0 amide bonds. The Kier molecular flexibility index (Phi) is 5.09. The van der Waals surface area contributed by atoms with Gasteiger partial charge in [0.05, 0.1) is 6.61 Å². The molecule has 2 atom stereocenters. The molecule has 2 fully saturated rings. The average Bonchev–Trinajstić information content (AvgIpc) is 3.28. The molecule has 3 heterocycles. The molecule has 3 aromatic rings. The number of halogens is 1. The van der Waals surface area contributed by atoms with Gasteiger partial charge in [0, 0.05) is 24.9 Å². The van der Waals surface area contributed by atoms with Gasteiger partial charge in [0.15, 0.2) is 5.84 Å². The molecular weight excluding hydrogens is 445 g/mol. The van der Waals surface area contributed by atoms with Crippen LogP contribution >= 0.6 is 0 Å². The Morgan fingerprint density at radius 1 is 1.17 bits per heavy atom. The SMILES string of the molecule is CCOc1cc(CC2CC3(CC3)CN3C2=NOC3(C)c2ccc(F)cc2)ccc1-n1cnc(C)n1. The number of aryl methyl sites for hydroxylation is 1. The van der Waals surface area contributed by atoms with Gasteiger partial charge >= 0.3 is 0 Å². The summed E-state index contributed by atoms with van der Waals surface area (Å²) in [7, 11) is 0. The zero-order valence-electron chi connectivity index (χ0n) is 20.4. The van der Waals surface area contributed by atoms with Gasteiger partial charge in [-0.3, -0.25) is 0 Å². The summed E-state index contributed by atoms with van der Waals surface area (Å²) in [6.07, 6.45) is 6.10. The number of aromatic nitrogens is 3. The van der Waals surface area contributed by atoms with Crippen molar-refractivity contribution in [3.05, 3.63) is 71.6 Å². The van der Waals surface area contributed by atoms with Gasteiger partial charge < -0.3 is 14.5 Å². The number of oxime groups is 1. The molecule has 1 aliphatic carbocycles. The number of piperidine rings is 1. The topological polar surface area (TPSA) is 64.8 Å². The van der Waals surface area contributed by atoms with E-state index in [0.29, 0.717) is 12.0 Å². The van der Waals surface area contributed by atoms with E-state index < -0.39 is 5.72 Å². The molecule has 1 saturated heterocycles. The van der Waals surface area contributed by atoms with Crippen LogP contribution in [0.4, 0.5) is 4.39 Å². The Bertz CT molecular complexity index is 1280. The Balaban J connectivity index is 1.30. The summed E-state index contributed by atoms with van der Waals surface area (Å²) >= 11 is 0. The molecule has 2 unspecified atom stereocenters. The van der Waals surface area contributed by atoms with Crippen LogP contribution in [0.1, 0.15) is 50.1 Å². The zero-order valence-corrected chi connectivity index (χ0v) is 20.4. The molecular formula is C27H30FN5O2. The number of rotatable bonds is 6. The lowest BCUT2D eigenvalue weighted by Gasteiger charge is -2.43. The molecule has 0 N–H and O–H groups in total. The highest BCUT2D eigenvalue weighted by molar-refractivity contribution is 5.87. The Morgan fingerprint density at radius 2 is 1.97 bits per heavy atom. The highest BCUT2D eigenvalue weighted by Crippen LogP contribution is 2.57. The van der Waals surface area contributed by atoms with Gasteiger partial charge in [0.25, 0.3) is 0 Å². The van der Waals surface area contributed by atoms with E-state index in [1.807, 2.05) is 20.8 Å². The molecule has 1 saturated carbocycles. The summed E-state index contributed by atoms with van der Waals surface area (Å²) in [6, 6.07) is 12.9. The predicted octanol–water partition coefficient (Wildman–Crippen LogP) is 4.97. The van der Waals surface area contributed by atoms with Crippen molar-refractivity contribution >= 4 is 5.84 Å². The number of hydrogen-bond donors (Lipinski definition) is 0. The lowest BCUT2D eigenvalue weighted by molar-refractivity contribution is -0.0994. The van der Waals surface area contributed by atoms with Gasteiger partial charge in [-0.05, 0) is 74.8 Å². The summed E-state index contributed by atoms with van der Waals surface area (Å²) < 4.78 is 21.3. The normalized spacial score (nSPS) is 24.2. The number of nitrogens with zero attached hydrogens (tertiary/aromatic N) is 5. The van der Waals surface area contributed by atoms with Gasteiger partial charge in [-0.25, -0.2) is 14.1 Å². The third kappa shape index (κ3) is 3.85. The Hall–Kier alpha value is -3.42. The van der Waals surface area contributed by atoms with Gasteiger partial charge in [-0.2, -0.15) is 5.10 Å². The fourth-order valence-electron chi connectivity index (χ4n) is 5.56. The predicted molar refractivity (Wildman–Crippen MR) is 130 cm³/mol. The lowest BCUT2D eigenvalue weighted by Crippen LogP contribution is -2.52. The van der Waals surface area contributed by atoms with Crippen LogP contribution in [-0.4, -0.2) is 38.7 Å². The van der Waals surface area contributed by atoms with E-state index in [0.717, 1.165) is 48.0 Å². The van der Waals surface area contributed by atoms with Crippen LogP contribution in [0.25, 0.3) is 5.69 Å². The minimum absolute atomic E-state index is 0.238. The highest BCUT2D eigenvalue weighted by atomic mass is 19.1. The third-order valence-electron chi connectivity index (χ3n) is 7.64. The third-order valence-corrected chi connectivity index (χ3v) is 7.64. The number of benzene rings is 2. The summed E-state index contributed by atoms with van der Waals surface area (Å²) in [5.41, 5.74) is 2.57. The molecule has 0 bridgehead atoms. The molecule has 6 rings (SSSR count). The first-order chi connectivity index (χ1) is 16.9. The van der Waals surface area contributed by atoms with E-state index in [-0.39, 0.29) is 11.7 Å². The van der Waals surface area contributed by atoms with Gasteiger partial charge in [0.2, 0.25) is 5.72 Å². The Labute approximate surface area is 204 Å². The minimum atomic E-state index is -0.720. The van der Waals surface area contributed by atoms with Crippen molar-refractivity contribution in [2.45, 2.75) is 52.2 Å². The van der Waals surface area contributed by atoms with Crippen molar-refractivity contribution < 1.29 is 14.0 Å². The average molecular weight is 476 g/mol. The second-order valence-corrected chi connectivity index (χ2v) is 10.2. The van der Waals surface area contributed by atoms with E-state index >= 15 is 0 Å². The van der Waals surface area contributed by atoms with E-state index in [9.17, 15) is 4.39 Å². The smallest absolute Gasteiger partial charge is 0.234 e. The first-order valence-corrected chi connectivity index (χ1v) is 12.3. The van der Waals surface area contributed by atoms with E-state index in [2.05, 4.69) is 38.3 Å². The molecule has 2 aromatic carbocycles. The minimum Gasteiger partial charge on any atom is -0.492 e. The largest absolute Gasteiger partial charge is 0.492 e. The van der Waals surface area contributed by atoms with E-state index in [1.54, 1.807) is 23.1 Å². The van der Waals surface area contributed by atoms with Crippen molar-refractivity contribution in [1.29, 1.82) is 0 Å². The molecule has 1 spiro atoms. The maximum absolute atomic E-state index is 13.6. The second-order valence-electron chi connectivity index (χ2n) is 10.2. The van der Waals surface area contributed by atoms with E-state index in [1.165, 1.54) is 30.5 Å². The number of amidine groups is 1. The van der Waals surface area contributed by atoms with Crippen LogP contribution in [0.5, 0.6) is 5.75 Å². The monoisotopic (exact) mass is 475 g/mol. The van der Waals surface area contributed by atoms with Crippen LogP contribution in [-0.2, 0) is 17.0 Å². The van der Waals surface area contributed by atoms with E-state index in [4.69, 9.17) is 9.57 Å². The fourth-order valence-corrected chi connectivity index (χ4v) is 5.56. The first-order valence-electron chi connectivity index (χ1n) is 12.3. The maximum atomic E-state index is 13.6. The van der Waals surface area contributed by atoms with Gasteiger partial charge in [0.1, 0.15) is 29.4 Å². The van der Waals surface area contributed by atoms with Crippen LogP contribution in [0.15, 0.2) is 53.9 Å². The Morgan fingerprint density at radius 3 is 2.66 bits per heavy atom. The standard InChI is InChI=1S/C27H30FN5O2/c1-4-34-24-14-19(5-10-23(24)33-17-29-18(2)30-33)13-20-15-27(11-12-27)16-32-25(20)31-35-26(32,3)21-6-8-22(28)9-7-21/h5-10,14,17,20H,4,11-13,15-16H2,1-3H3. The molecule has 3 aliphatic rings. The molecule has 35 heavy (non-hydrogen) atoms. The van der Waals surface area contributed by atoms with Gasteiger partial charge in [-0.1, -0.05) is 23.4 Å². The van der Waals surface area contributed by atoms with Crippen molar-refractivity contribution in [3.63, 3.8) is 0 Å². The molecule has 8 heteroatoms. The molecule has 182 valence electrons. The molecule has 0 radical (unpaired) electrons. The maximum Gasteiger partial charge on any atom is 0.234 e. The summed E-state index contributed by atoms with van der Waals surface area (Å²) in [6.45, 7) is 7.39. The fraction of sp³-hybridized carbons (Fsp3) is 0.444. The number of fused-ring (bicyclic) bond motifs is 1. The molecule has 1 aromatic heterocycles. The molecule has 2 aliphatic heterocycles. The van der Waals surface area contributed by atoms with Gasteiger partial charge in [-0.15, -0.1) is 0 Å². The number of ether oxygens (including phenoxy) is 1. The van der Waals surface area contributed by atoms with Crippen LogP contribution < -0.4 is 4.74 Å². The number of hydrogen-bond acceptors (Lipinski definition) is 6. The molecule has 7 nitrogen and oxygen atoms in total. The van der Waals surface area contributed by atoms with Crippen molar-refractivity contribution in [2.75, 3.05) is 13.2 Å². The van der Waals surface area contributed by atoms with Crippen LogP contribution in [0.3, 0.4) is 0 Å². The second kappa shape index (κ2) is 8.07. The lowest BCUT2D eigenvalue weighted by atomic mass is 9.80. The van der Waals surface area contributed by atoms with Crippen LogP contribution in [0.2, 0.25) is 0 Å². The van der Waals surface area contributed by atoms with Crippen molar-refractivity contribution in [1.82, 2.24) is 19.7 Å². The first kappa shape index (κ1) is 22.1. The van der Waals surface area contributed by atoms with Crippen molar-refractivity contribution in [3.8, 4) is 11.4 Å². The van der Waals surface area contributed by atoms with Crippen molar-refractivity contribution in [2.24, 2.45) is 16.5 Å². The quantitative estimate of drug-likeness (QED) is 0.503.